The summed E-state index contributed by atoms with van der Waals surface area (Å²) in [6.45, 7) is -2.36. The molecule has 80 heavy (non-hydrogen) atoms. The molecule has 12 unspecified atom stereocenters. The van der Waals surface area contributed by atoms with Crippen molar-refractivity contribution in [2.45, 2.75) is 68.5 Å². The number of halogens is 1. The second-order valence-corrected chi connectivity index (χ2v) is 22.9. The van der Waals surface area contributed by atoms with Crippen LogP contribution in [0, 0.1) is 0 Å². The summed E-state index contributed by atoms with van der Waals surface area (Å²) in [7, 11) is -17.2. The Balaban J connectivity index is 0.00000841. The van der Waals surface area contributed by atoms with Gasteiger partial charge in [-0.2, -0.15) is 23.5 Å². The molecule has 0 bridgehead atoms. The first kappa shape index (κ1) is 60.9. The lowest BCUT2D eigenvalue weighted by Crippen LogP contribution is -2.38. The largest absolute Gasteiger partial charge is 0.492 e. The molecule has 42 heteroatoms. The van der Waals surface area contributed by atoms with Crippen LogP contribution in [-0.2, 0) is 67.6 Å². The second kappa shape index (κ2) is 25.1. The van der Waals surface area contributed by atoms with Crippen molar-refractivity contribution >= 4 is 108 Å². The fourth-order valence-electron chi connectivity index (χ4n) is 8.38. The number of methoxy groups -OCH3 is 1. The van der Waals surface area contributed by atoms with Crippen molar-refractivity contribution in [2.75, 3.05) is 57.4 Å². The smallest absolute Gasteiger partial charge is 0.479 e. The zero-order valence-corrected chi connectivity index (χ0v) is 46.5. The van der Waals surface area contributed by atoms with E-state index in [0.29, 0.717) is 16.6 Å². The van der Waals surface area contributed by atoms with E-state index in [1.807, 2.05) is 0 Å². The van der Waals surface area contributed by atoms with Crippen LogP contribution in [0.1, 0.15) is 24.7 Å². The number of aliphatic hydroxyl groups excluding tert-OH is 2. The lowest BCUT2D eigenvalue weighted by molar-refractivity contribution is -0.0581. The van der Waals surface area contributed by atoms with Crippen molar-refractivity contribution in [2.24, 2.45) is 0 Å². The summed E-state index contributed by atoms with van der Waals surface area (Å²) in [5.41, 5.74) is 10.3. The van der Waals surface area contributed by atoms with Crippen LogP contribution in [0.3, 0.4) is 0 Å². The molecule has 2 aliphatic rings. The number of phosphoric acid groups is 3. The number of nitrogens with two attached hydrogens (primary N) is 2. The fourth-order valence-corrected chi connectivity index (χ4v) is 12.3. The number of ether oxygens (including phenoxy) is 4. The summed E-state index contributed by atoms with van der Waals surface area (Å²) in [6.07, 6.45) is -9.22. The Kier molecular flexibility index (Phi) is 19.1. The molecule has 12 atom stereocenters. The van der Waals surface area contributed by atoms with E-state index in [0.717, 1.165) is 18.0 Å². The van der Waals surface area contributed by atoms with Gasteiger partial charge in [0.2, 0.25) is 11.9 Å². The van der Waals surface area contributed by atoms with Crippen LogP contribution in [0.4, 0.5) is 17.7 Å². The third-order valence-electron chi connectivity index (χ3n) is 11.8. The number of rotatable bonds is 25. The first-order valence-electron chi connectivity index (χ1n) is 22.9. The minimum absolute atomic E-state index is 0. The number of anilines is 3. The van der Waals surface area contributed by atoms with Gasteiger partial charge >= 0.3 is 32.1 Å². The summed E-state index contributed by atoms with van der Waals surface area (Å²) in [5.74, 6) is 0.598. The van der Waals surface area contributed by atoms with E-state index >= 15 is 0 Å². The number of nitrogens with zero attached hydrogens (tertiary/aromatic N) is 10. The summed E-state index contributed by atoms with van der Waals surface area (Å²) in [5, 5.41) is 25.1. The standard InChI is InChI=1S/C38H48ClN15O21P4.H2S/c1-42-29-22-31(44-14-43-29)53(15-45-22)36-28(66-2)27(73-77(60,61)69-12-19-25(55)26(56)35(71-19)54-16-46-23-32(54)49-38(41)50-33(23)57)20(72-36)13-70-79(64,65)75-76(59)74-78(62,63)68-10-3-4-21-47-30-24(34(58)51-37(40)48-30)52(21)9-11-67-18-7-5-17(39)6-8-18;/h5-8,14-16,19-20,25-28,35-36,55-56,59H,3-4,9-13H2,1-2H3,(H,60,61)(H,62,63)(H,64,65)(H,42,43,44)(H3,40,48,51,58)(H3,41,49,50,57);1H2. The Hall–Kier alpha value is -5.17. The number of aromatic amines is 2. The summed E-state index contributed by atoms with van der Waals surface area (Å²) in [6, 6.07) is 6.56. The van der Waals surface area contributed by atoms with Crippen LogP contribution in [0.15, 0.2) is 52.8 Å². The van der Waals surface area contributed by atoms with E-state index in [1.165, 1.54) is 21.8 Å². The second-order valence-electron chi connectivity index (χ2n) is 16.9. The van der Waals surface area contributed by atoms with Gasteiger partial charge in [0, 0.05) is 25.6 Å². The molecule has 0 aliphatic carbocycles. The van der Waals surface area contributed by atoms with Gasteiger partial charge in [-0.1, -0.05) is 11.6 Å². The van der Waals surface area contributed by atoms with Gasteiger partial charge in [0.05, 0.1) is 39.0 Å². The van der Waals surface area contributed by atoms with Gasteiger partial charge in [-0.25, -0.2) is 47.2 Å². The van der Waals surface area contributed by atoms with E-state index in [9.17, 15) is 53.1 Å². The summed E-state index contributed by atoms with van der Waals surface area (Å²) in [4.78, 5) is 102. The number of benzene rings is 1. The fraction of sp³-hybridized carbons (Fsp3) is 0.447. The molecule has 0 amide bonds. The number of aliphatic hydroxyl groups is 2. The van der Waals surface area contributed by atoms with Crippen LogP contribution >= 0.6 is 57.2 Å². The Morgan fingerprint density at radius 1 is 0.787 bits per heavy atom. The van der Waals surface area contributed by atoms with Crippen molar-refractivity contribution < 1.29 is 89.1 Å². The van der Waals surface area contributed by atoms with E-state index in [2.05, 4.69) is 58.8 Å². The molecule has 0 radical (unpaired) electrons. The summed E-state index contributed by atoms with van der Waals surface area (Å²) >= 11 is 5.95. The maximum Gasteiger partial charge on any atom is 0.479 e. The molecule has 1 aromatic carbocycles. The number of fused-ring (bicyclic) bond motifs is 3. The van der Waals surface area contributed by atoms with Gasteiger partial charge in [-0.15, -0.1) is 0 Å². The average molecular weight is 1240 g/mol. The SMILES string of the molecule is CNc1ncnc2c1ncn2C1OC(COP(=O)(O)OP(O)OP(=O)(O)OCCCc2nc3nc(N)[nH]c(=O)c3n2CCOc2ccc(Cl)cc2)C(OP(=O)(O)OCC2OC(n3cnc4c(=O)[nH]c(N)nc43)C(O)C2O)C1OC.S. The van der Waals surface area contributed by atoms with Crippen molar-refractivity contribution in [3.8, 4) is 5.75 Å². The molecule has 2 aliphatic heterocycles. The maximum atomic E-state index is 13.7. The minimum atomic E-state index is -5.54. The highest BCUT2D eigenvalue weighted by molar-refractivity contribution is 7.64. The van der Waals surface area contributed by atoms with Gasteiger partial charge in [0.15, 0.2) is 46.2 Å². The Morgan fingerprint density at radius 2 is 1.43 bits per heavy atom. The van der Waals surface area contributed by atoms with Crippen LogP contribution in [0.25, 0.3) is 33.5 Å². The van der Waals surface area contributed by atoms with Crippen molar-refractivity contribution in [1.29, 1.82) is 0 Å². The number of phosphoric ester groups is 3. The average Bonchev–Trinajstić information content (AvgIpc) is 4.23. The molecule has 9 rings (SSSR count). The Bertz CT molecular complexity index is 3600. The normalized spacial score (nSPS) is 23.9. The van der Waals surface area contributed by atoms with Crippen LogP contribution in [0.5, 0.6) is 5.75 Å². The zero-order valence-electron chi connectivity index (χ0n) is 41.2. The minimum Gasteiger partial charge on any atom is -0.492 e. The number of H-pyrrole nitrogens is 2. The highest BCUT2D eigenvalue weighted by Crippen LogP contribution is 2.63. The number of imidazole rings is 3. The van der Waals surface area contributed by atoms with Crippen molar-refractivity contribution in [3.05, 3.63) is 74.8 Å². The molecule has 2 saturated heterocycles. The van der Waals surface area contributed by atoms with Gasteiger partial charge in [0.25, 0.3) is 11.1 Å². The molecule has 8 heterocycles. The van der Waals surface area contributed by atoms with Crippen molar-refractivity contribution in [1.82, 2.24) is 58.6 Å². The first-order valence-corrected chi connectivity index (χ1v) is 28.9. The number of aryl methyl sites for hydroxylation is 1. The van der Waals surface area contributed by atoms with E-state index in [1.54, 1.807) is 31.3 Å². The highest BCUT2D eigenvalue weighted by Gasteiger charge is 2.52. The number of hydrogen-bond acceptors (Lipinski definition) is 28. The number of nitrogen functional groups attached to an aromatic ring is 2. The van der Waals surface area contributed by atoms with Gasteiger partial charge in [-0.05, 0) is 30.7 Å². The van der Waals surface area contributed by atoms with Crippen LogP contribution in [0.2, 0.25) is 5.02 Å². The lowest BCUT2D eigenvalue weighted by atomic mass is 10.1. The first-order chi connectivity index (χ1) is 37.5. The molecular formula is C38H50ClN15O21P4S. The molecule has 6 aromatic heterocycles. The molecular weight excluding hydrogens is 1190 g/mol. The Morgan fingerprint density at radius 3 is 2.14 bits per heavy atom. The zero-order chi connectivity index (χ0) is 56.6. The quantitative estimate of drug-likeness (QED) is 0.0276. The molecule has 0 saturated carbocycles. The summed E-state index contributed by atoms with van der Waals surface area (Å²) < 4.78 is 97.2. The molecule has 0 spiro atoms. The predicted octanol–water partition coefficient (Wildman–Crippen LogP) is 0.597. The number of hydrogen-bond donors (Lipinski definition) is 11. The lowest BCUT2D eigenvalue weighted by Gasteiger charge is -2.26. The monoisotopic (exact) mass is 1240 g/mol. The topological polar surface area (TPSA) is 500 Å². The molecule has 36 nitrogen and oxygen atoms in total. The van der Waals surface area contributed by atoms with Crippen LogP contribution in [-0.4, -0.2) is 166 Å². The number of aromatic nitrogens is 12. The Labute approximate surface area is 460 Å². The van der Waals surface area contributed by atoms with Gasteiger partial charge in [0.1, 0.15) is 66.6 Å². The third-order valence-corrected chi connectivity index (χ3v) is 16.8. The molecule has 2 fully saturated rings. The molecule has 13 N–H and O–H groups in total. The van der Waals surface area contributed by atoms with Gasteiger partial charge in [-0.3, -0.25) is 46.8 Å². The van der Waals surface area contributed by atoms with Crippen molar-refractivity contribution in [3.63, 3.8) is 0 Å². The molecule has 436 valence electrons. The van der Waals surface area contributed by atoms with E-state index in [-0.39, 0.29) is 90.7 Å². The highest BCUT2D eigenvalue weighted by atomic mass is 35.5. The van der Waals surface area contributed by atoms with Gasteiger partial charge < -0.3 is 70.1 Å². The predicted molar refractivity (Wildman–Crippen MR) is 280 cm³/mol. The van der Waals surface area contributed by atoms with E-state index in [4.69, 9.17) is 60.1 Å². The van der Waals surface area contributed by atoms with E-state index < -0.39 is 112 Å². The van der Waals surface area contributed by atoms with Crippen LogP contribution < -0.4 is 32.6 Å². The molecule has 7 aromatic rings. The third kappa shape index (κ3) is 13.7. The number of nitrogens with one attached hydrogen (secondary N) is 3. The maximum absolute atomic E-state index is 13.7.